The Hall–Kier alpha value is -2.54. The van der Waals surface area contributed by atoms with Crippen molar-refractivity contribution in [3.8, 4) is 0 Å². The van der Waals surface area contributed by atoms with Crippen LogP contribution in [0.25, 0.3) is 10.8 Å². The predicted molar refractivity (Wildman–Crippen MR) is 76.7 cm³/mol. The van der Waals surface area contributed by atoms with E-state index >= 15 is 0 Å². The Labute approximate surface area is 112 Å². The molecule has 0 aliphatic carbocycles. The average Bonchev–Trinajstić information content (AvgIpc) is 2.33. The molecule has 98 valence electrons. The Morgan fingerprint density at radius 2 is 1.95 bits per heavy atom. The van der Waals surface area contributed by atoms with Gasteiger partial charge in [0.15, 0.2) is 5.96 Å². The van der Waals surface area contributed by atoms with Crippen molar-refractivity contribution in [3.63, 3.8) is 0 Å². The van der Waals surface area contributed by atoms with Crippen LogP contribution in [0.2, 0.25) is 5.02 Å². The number of hydrogen-bond donors (Lipinski definition) is 4. The van der Waals surface area contributed by atoms with Gasteiger partial charge in [-0.15, -0.1) is 0 Å². The van der Waals surface area contributed by atoms with E-state index in [1.807, 2.05) is 0 Å². The standard InChI is InChI=1S/C11H11ClN6O/c12-8-4-16-9(19)7-3-5(1-2-6(7)8)17-11(15)18-10(13)14/h1-4H,(H,16,19)(H6,13,14,15,17,18). The third-order valence-corrected chi connectivity index (χ3v) is 2.64. The lowest BCUT2D eigenvalue weighted by atomic mass is 10.1. The molecule has 19 heavy (non-hydrogen) atoms. The maximum atomic E-state index is 11.7. The zero-order valence-corrected chi connectivity index (χ0v) is 10.5. The number of aliphatic imine (C=N–C) groups is 2. The molecule has 1 aromatic carbocycles. The third-order valence-electron chi connectivity index (χ3n) is 2.32. The fourth-order valence-electron chi connectivity index (χ4n) is 1.57. The van der Waals surface area contributed by atoms with Gasteiger partial charge < -0.3 is 22.2 Å². The summed E-state index contributed by atoms with van der Waals surface area (Å²) in [5.41, 5.74) is 16.0. The van der Waals surface area contributed by atoms with E-state index in [1.54, 1.807) is 18.2 Å². The van der Waals surface area contributed by atoms with Crippen LogP contribution in [0.4, 0.5) is 5.69 Å². The summed E-state index contributed by atoms with van der Waals surface area (Å²) < 4.78 is 0. The van der Waals surface area contributed by atoms with E-state index < -0.39 is 0 Å². The predicted octanol–water partition coefficient (Wildman–Crippen LogP) is 0.401. The van der Waals surface area contributed by atoms with Crippen molar-refractivity contribution in [2.45, 2.75) is 0 Å². The number of nitrogens with one attached hydrogen (secondary N) is 1. The second kappa shape index (κ2) is 4.99. The number of aromatic nitrogens is 1. The quantitative estimate of drug-likeness (QED) is 0.443. The molecule has 0 amide bonds. The molecule has 0 radical (unpaired) electrons. The molecule has 2 rings (SSSR count). The van der Waals surface area contributed by atoms with Crippen molar-refractivity contribution in [3.05, 3.63) is 39.8 Å². The molecule has 0 saturated carbocycles. The van der Waals surface area contributed by atoms with Crippen molar-refractivity contribution < 1.29 is 0 Å². The maximum absolute atomic E-state index is 11.7. The fraction of sp³-hybridized carbons (Fsp3) is 0. The van der Waals surface area contributed by atoms with Gasteiger partial charge in [0.25, 0.3) is 5.56 Å². The number of pyridine rings is 1. The van der Waals surface area contributed by atoms with Crippen LogP contribution >= 0.6 is 11.6 Å². The largest absolute Gasteiger partial charge is 0.370 e. The molecule has 7 N–H and O–H groups in total. The Balaban J connectivity index is 2.57. The zero-order valence-electron chi connectivity index (χ0n) is 9.72. The molecule has 0 atom stereocenters. The SMILES string of the molecule is NC(N)=NC(N)=Nc1ccc2c(Cl)c[nH]c(=O)c2c1. The first-order chi connectivity index (χ1) is 8.97. The fourth-order valence-corrected chi connectivity index (χ4v) is 1.79. The Bertz CT molecular complexity index is 744. The van der Waals surface area contributed by atoms with E-state index in [0.29, 0.717) is 21.5 Å². The Morgan fingerprint density at radius 1 is 1.21 bits per heavy atom. The van der Waals surface area contributed by atoms with Crippen molar-refractivity contribution in [1.29, 1.82) is 0 Å². The van der Waals surface area contributed by atoms with Crippen LogP contribution in [-0.2, 0) is 0 Å². The molecule has 7 nitrogen and oxygen atoms in total. The third kappa shape index (κ3) is 2.83. The number of guanidine groups is 2. The molecular weight excluding hydrogens is 268 g/mol. The van der Waals surface area contributed by atoms with Gasteiger partial charge in [-0.1, -0.05) is 17.7 Å². The number of halogens is 1. The van der Waals surface area contributed by atoms with Gasteiger partial charge in [-0.3, -0.25) is 4.79 Å². The molecule has 0 aliphatic rings. The first-order valence-electron chi connectivity index (χ1n) is 5.22. The molecule has 1 aromatic heterocycles. The van der Waals surface area contributed by atoms with Crippen LogP contribution in [0.1, 0.15) is 0 Å². The molecule has 0 unspecified atom stereocenters. The van der Waals surface area contributed by atoms with Crippen molar-refractivity contribution >= 4 is 40.0 Å². The van der Waals surface area contributed by atoms with Crippen LogP contribution in [0.5, 0.6) is 0 Å². The summed E-state index contributed by atoms with van der Waals surface area (Å²) in [6.45, 7) is 0. The molecule has 0 bridgehead atoms. The van der Waals surface area contributed by atoms with E-state index in [-0.39, 0.29) is 17.5 Å². The average molecular weight is 279 g/mol. The van der Waals surface area contributed by atoms with Crippen LogP contribution in [-0.4, -0.2) is 16.9 Å². The number of aromatic amines is 1. The first-order valence-corrected chi connectivity index (χ1v) is 5.60. The monoisotopic (exact) mass is 278 g/mol. The second-order valence-corrected chi connectivity index (χ2v) is 4.11. The summed E-state index contributed by atoms with van der Waals surface area (Å²) in [5.74, 6) is -0.291. The van der Waals surface area contributed by atoms with Crippen molar-refractivity contribution in [2.24, 2.45) is 27.2 Å². The maximum Gasteiger partial charge on any atom is 0.255 e. The highest BCUT2D eigenvalue weighted by Gasteiger charge is 2.04. The van der Waals surface area contributed by atoms with Gasteiger partial charge >= 0.3 is 0 Å². The molecule has 0 saturated heterocycles. The molecule has 8 heteroatoms. The van der Waals surface area contributed by atoms with Crippen LogP contribution in [0.3, 0.4) is 0 Å². The van der Waals surface area contributed by atoms with Crippen molar-refractivity contribution in [1.82, 2.24) is 4.98 Å². The van der Waals surface area contributed by atoms with E-state index in [2.05, 4.69) is 15.0 Å². The van der Waals surface area contributed by atoms with Gasteiger partial charge in [0.1, 0.15) is 0 Å². The molecule has 0 aliphatic heterocycles. The lowest BCUT2D eigenvalue weighted by Gasteiger charge is -2.01. The van der Waals surface area contributed by atoms with Gasteiger partial charge in [-0.25, -0.2) is 4.99 Å². The lowest BCUT2D eigenvalue weighted by Crippen LogP contribution is -2.26. The molecular formula is C11H11ClN6O. The minimum atomic E-state index is -0.267. The Morgan fingerprint density at radius 3 is 2.63 bits per heavy atom. The minimum Gasteiger partial charge on any atom is -0.370 e. The summed E-state index contributed by atoms with van der Waals surface area (Å²) in [6, 6.07) is 4.88. The van der Waals surface area contributed by atoms with E-state index in [1.165, 1.54) is 6.20 Å². The van der Waals surface area contributed by atoms with Gasteiger partial charge in [0, 0.05) is 11.6 Å². The number of benzene rings is 1. The van der Waals surface area contributed by atoms with E-state index in [0.717, 1.165) is 0 Å². The summed E-state index contributed by atoms with van der Waals surface area (Å²) in [6.07, 6.45) is 1.43. The minimum absolute atomic E-state index is 0.0993. The van der Waals surface area contributed by atoms with Gasteiger partial charge in [-0.2, -0.15) is 4.99 Å². The number of nitrogens with zero attached hydrogens (tertiary/aromatic N) is 2. The lowest BCUT2D eigenvalue weighted by molar-refractivity contribution is 1.27. The molecule has 0 spiro atoms. The van der Waals surface area contributed by atoms with E-state index in [9.17, 15) is 4.79 Å². The number of hydrogen-bond acceptors (Lipinski definition) is 2. The summed E-state index contributed by atoms with van der Waals surface area (Å²) in [5, 5.41) is 1.48. The summed E-state index contributed by atoms with van der Waals surface area (Å²) in [7, 11) is 0. The van der Waals surface area contributed by atoms with Crippen LogP contribution in [0, 0.1) is 0 Å². The van der Waals surface area contributed by atoms with Gasteiger partial charge in [0.2, 0.25) is 5.96 Å². The topological polar surface area (TPSA) is 136 Å². The molecule has 2 aromatic rings. The number of H-pyrrole nitrogens is 1. The first kappa shape index (κ1) is 12.9. The highest BCUT2D eigenvalue weighted by Crippen LogP contribution is 2.23. The number of nitrogens with two attached hydrogens (primary N) is 3. The summed E-state index contributed by atoms with van der Waals surface area (Å²) in [4.78, 5) is 21.8. The smallest absolute Gasteiger partial charge is 0.255 e. The number of fused-ring (bicyclic) bond motifs is 1. The zero-order chi connectivity index (χ0) is 14.0. The normalized spacial score (nSPS) is 11.5. The molecule has 1 heterocycles. The van der Waals surface area contributed by atoms with Crippen LogP contribution in [0.15, 0.2) is 39.2 Å². The highest BCUT2D eigenvalue weighted by molar-refractivity contribution is 6.35. The Kier molecular flexibility index (Phi) is 3.39. The van der Waals surface area contributed by atoms with Crippen molar-refractivity contribution in [2.75, 3.05) is 0 Å². The van der Waals surface area contributed by atoms with Crippen LogP contribution < -0.4 is 22.8 Å². The summed E-state index contributed by atoms with van der Waals surface area (Å²) >= 11 is 5.97. The van der Waals surface area contributed by atoms with Gasteiger partial charge in [-0.05, 0) is 12.1 Å². The van der Waals surface area contributed by atoms with Gasteiger partial charge in [0.05, 0.1) is 16.1 Å². The highest BCUT2D eigenvalue weighted by atomic mass is 35.5. The molecule has 0 fully saturated rings. The number of rotatable bonds is 1. The second-order valence-electron chi connectivity index (χ2n) is 3.70. The van der Waals surface area contributed by atoms with E-state index in [4.69, 9.17) is 28.8 Å².